The van der Waals surface area contributed by atoms with Gasteiger partial charge in [-0.15, -0.1) is 0 Å². The van der Waals surface area contributed by atoms with Crippen LogP contribution in [0.3, 0.4) is 0 Å². The molecule has 1 fully saturated rings. The number of benzene rings is 1. The summed E-state index contributed by atoms with van der Waals surface area (Å²) in [6, 6.07) is 9.45. The number of aliphatic imine (C=N–C) groups is 1. The van der Waals surface area contributed by atoms with Crippen molar-refractivity contribution in [2.24, 2.45) is 4.99 Å². The normalized spacial score (nSPS) is 16.6. The monoisotopic (exact) mass is 374 g/mol. The van der Waals surface area contributed by atoms with Crippen LogP contribution in [0.15, 0.2) is 29.3 Å². The number of guanidine groups is 1. The maximum absolute atomic E-state index is 5.47. The van der Waals surface area contributed by atoms with Crippen LogP contribution < -0.4 is 10.6 Å². The molecule has 1 aromatic rings. The van der Waals surface area contributed by atoms with E-state index in [1.165, 1.54) is 43.2 Å². The van der Waals surface area contributed by atoms with Crippen molar-refractivity contribution in [2.45, 2.75) is 70.7 Å². The second-order valence-corrected chi connectivity index (χ2v) is 8.22. The van der Waals surface area contributed by atoms with Gasteiger partial charge in [-0.3, -0.25) is 9.89 Å². The SMILES string of the molecule is CN=C(NCc1ccccc1CN(C)C1CCCCC1)NCC(C)(C)OC. The number of rotatable bonds is 8. The Balaban J connectivity index is 1.92. The largest absolute Gasteiger partial charge is 0.377 e. The van der Waals surface area contributed by atoms with Gasteiger partial charge in [-0.2, -0.15) is 0 Å². The molecule has 2 rings (SSSR count). The molecule has 1 aromatic carbocycles. The molecule has 2 N–H and O–H groups in total. The van der Waals surface area contributed by atoms with Crippen molar-refractivity contribution in [1.82, 2.24) is 15.5 Å². The lowest BCUT2D eigenvalue weighted by atomic mass is 9.94. The summed E-state index contributed by atoms with van der Waals surface area (Å²) >= 11 is 0. The highest BCUT2D eigenvalue weighted by atomic mass is 16.5. The highest BCUT2D eigenvalue weighted by Crippen LogP contribution is 2.23. The molecular weight excluding hydrogens is 336 g/mol. The molecule has 0 amide bonds. The zero-order valence-electron chi connectivity index (χ0n) is 17.8. The van der Waals surface area contributed by atoms with Crippen molar-refractivity contribution in [2.75, 3.05) is 27.7 Å². The first-order valence-corrected chi connectivity index (χ1v) is 10.2. The Labute approximate surface area is 165 Å². The van der Waals surface area contributed by atoms with Crippen LogP contribution in [0.1, 0.15) is 57.1 Å². The third kappa shape index (κ3) is 7.15. The number of nitrogens with one attached hydrogen (secondary N) is 2. The molecule has 1 aliphatic carbocycles. The molecule has 0 unspecified atom stereocenters. The van der Waals surface area contributed by atoms with E-state index in [4.69, 9.17) is 4.74 Å². The van der Waals surface area contributed by atoms with Gasteiger partial charge in [0.2, 0.25) is 0 Å². The van der Waals surface area contributed by atoms with E-state index in [1.54, 1.807) is 14.2 Å². The summed E-state index contributed by atoms with van der Waals surface area (Å²) in [5.41, 5.74) is 2.50. The summed E-state index contributed by atoms with van der Waals surface area (Å²) in [6.45, 7) is 6.59. The Morgan fingerprint density at radius 2 is 1.81 bits per heavy atom. The number of hydrogen-bond donors (Lipinski definition) is 2. The summed E-state index contributed by atoms with van der Waals surface area (Å²) in [7, 11) is 5.81. The Morgan fingerprint density at radius 1 is 1.15 bits per heavy atom. The fourth-order valence-corrected chi connectivity index (χ4v) is 3.57. The zero-order chi connectivity index (χ0) is 19.7. The molecule has 1 saturated carbocycles. The predicted molar refractivity (Wildman–Crippen MR) is 114 cm³/mol. The van der Waals surface area contributed by atoms with E-state index >= 15 is 0 Å². The molecule has 0 spiro atoms. The van der Waals surface area contributed by atoms with Crippen LogP contribution in [-0.4, -0.2) is 50.3 Å². The summed E-state index contributed by atoms with van der Waals surface area (Å²) < 4.78 is 5.47. The van der Waals surface area contributed by atoms with E-state index in [0.29, 0.717) is 6.54 Å². The molecule has 0 radical (unpaired) electrons. The molecule has 5 heteroatoms. The fraction of sp³-hybridized carbons (Fsp3) is 0.682. The van der Waals surface area contributed by atoms with Gasteiger partial charge >= 0.3 is 0 Å². The molecule has 5 nitrogen and oxygen atoms in total. The minimum absolute atomic E-state index is 0.224. The van der Waals surface area contributed by atoms with Crippen molar-refractivity contribution in [3.05, 3.63) is 35.4 Å². The minimum atomic E-state index is -0.224. The molecule has 1 aliphatic rings. The minimum Gasteiger partial charge on any atom is -0.377 e. The van der Waals surface area contributed by atoms with Gasteiger partial charge in [-0.05, 0) is 44.9 Å². The van der Waals surface area contributed by atoms with Gasteiger partial charge in [-0.25, -0.2) is 0 Å². The second-order valence-electron chi connectivity index (χ2n) is 8.22. The van der Waals surface area contributed by atoms with E-state index < -0.39 is 0 Å². The van der Waals surface area contributed by atoms with E-state index in [2.05, 4.69) is 65.7 Å². The summed E-state index contributed by atoms with van der Waals surface area (Å²) in [5.74, 6) is 0.801. The Hall–Kier alpha value is -1.59. The third-order valence-electron chi connectivity index (χ3n) is 5.64. The zero-order valence-corrected chi connectivity index (χ0v) is 17.8. The van der Waals surface area contributed by atoms with E-state index in [9.17, 15) is 0 Å². The Kier molecular flexibility index (Phi) is 8.58. The fourth-order valence-electron chi connectivity index (χ4n) is 3.57. The molecule has 0 heterocycles. The van der Waals surface area contributed by atoms with Crippen LogP contribution in [0.4, 0.5) is 0 Å². The van der Waals surface area contributed by atoms with Gasteiger partial charge in [0.05, 0.1) is 5.60 Å². The Morgan fingerprint density at radius 3 is 2.44 bits per heavy atom. The van der Waals surface area contributed by atoms with Crippen LogP contribution in [0.5, 0.6) is 0 Å². The molecule has 0 saturated heterocycles. The van der Waals surface area contributed by atoms with E-state index in [1.807, 2.05) is 0 Å². The third-order valence-corrected chi connectivity index (χ3v) is 5.64. The van der Waals surface area contributed by atoms with Gasteiger partial charge < -0.3 is 15.4 Å². The van der Waals surface area contributed by atoms with Crippen molar-refractivity contribution in [1.29, 1.82) is 0 Å². The van der Waals surface area contributed by atoms with Gasteiger partial charge in [0.1, 0.15) is 0 Å². The predicted octanol–water partition coefficient (Wildman–Crippen LogP) is 3.54. The maximum atomic E-state index is 5.47. The Bertz CT molecular complexity index is 594. The number of nitrogens with zero attached hydrogens (tertiary/aromatic N) is 2. The maximum Gasteiger partial charge on any atom is 0.191 e. The molecule has 27 heavy (non-hydrogen) atoms. The smallest absolute Gasteiger partial charge is 0.191 e. The van der Waals surface area contributed by atoms with Crippen molar-refractivity contribution >= 4 is 5.96 Å². The quantitative estimate of drug-likeness (QED) is 0.540. The first-order chi connectivity index (χ1) is 12.9. The van der Waals surface area contributed by atoms with E-state index in [0.717, 1.165) is 25.1 Å². The molecule has 0 aliphatic heterocycles. The standard InChI is InChI=1S/C22H38N4O/c1-22(2,27-5)17-25-21(23-3)24-15-18-11-9-10-12-19(18)16-26(4)20-13-7-6-8-14-20/h9-12,20H,6-8,13-17H2,1-5H3,(H2,23,24,25). The lowest BCUT2D eigenvalue weighted by Crippen LogP contribution is -2.45. The summed E-state index contributed by atoms with van der Waals surface area (Å²) in [4.78, 5) is 6.87. The molecule has 0 bridgehead atoms. The number of ether oxygens (including phenoxy) is 1. The number of hydrogen-bond acceptors (Lipinski definition) is 3. The summed E-state index contributed by atoms with van der Waals surface area (Å²) in [5, 5.41) is 6.79. The van der Waals surface area contributed by atoms with Crippen molar-refractivity contribution in [3.63, 3.8) is 0 Å². The molecule has 152 valence electrons. The highest BCUT2D eigenvalue weighted by molar-refractivity contribution is 5.79. The van der Waals surface area contributed by atoms with E-state index in [-0.39, 0.29) is 5.60 Å². The average Bonchev–Trinajstić information content (AvgIpc) is 2.69. The van der Waals surface area contributed by atoms with Crippen LogP contribution in [0.2, 0.25) is 0 Å². The van der Waals surface area contributed by atoms with Crippen LogP contribution >= 0.6 is 0 Å². The first kappa shape index (κ1) is 21.7. The van der Waals surface area contributed by atoms with Crippen molar-refractivity contribution in [3.8, 4) is 0 Å². The van der Waals surface area contributed by atoms with Gasteiger partial charge in [0.15, 0.2) is 5.96 Å². The van der Waals surface area contributed by atoms with Crippen molar-refractivity contribution < 1.29 is 4.74 Å². The van der Waals surface area contributed by atoms with Crippen LogP contribution in [0.25, 0.3) is 0 Å². The van der Waals surface area contributed by atoms with Gasteiger partial charge in [0.25, 0.3) is 0 Å². The lowest BCUT2D eigenvalue weighted by Gasteiger charge is -2.31. The van der Waals surface area contributed by atoms with Crippen LogP contribution in [-0.2, 0) is 17.8 Å². The lowest BCUT2D eigenvalue weighted by molar-refractivity contribution is 0.0268. The van der Waals surface area contributed by atoms with Gasteiger partial charge in [-0.1, -0.05) is 43.5 Å². The highest BCUT2D eigenvalue weighted by Gasteiger charge is 2.19. The second kappa shape index (κ2) is 10.7. The average molecular weight is 375 g/mol. The first-order valence-electron chi connectivity index (χ1n) is 10.2. The van der Waals surface area contributed by atoms with Gasteiger partial charge in [0, 0.05) is 39.8 Å². The number of methoxy groups -OCH3 is 1. The molecule has 0 aromatic heterocycles. The van der Waals surface area contributed by atoms with Crippen LogP contribution in [0, 0.1) is 0 Å². The molecular formula is C22H38N4O. The molecule has 0 atom stereocenters. The topological polar surface area (TPSA) is 48.9 Å². The summed E-state index contributed by atoms with van der Waals surface area (Å²) in [6.07, 6.45) is 6.82.